The summed E-state index contributed by atoms with van der Waals surface area (Å²) in [5.74, 6) is 1.51. The molecule has 3 nitrogen and oxygen atoms in total. The average Bonchev–Trinajstić information content (AvgIpc) is 2.26. The second kappa shape index (κ2) is 6.89. The lowest BCUT2D eigenvalue weighted by Crippen LogP contribution is -2.36. The molecule has 3 unspecified atom stereocenters. The fourth-order valence-corrected chi connectivity index (χ4v) is 2.41. The molecule has 16 heavy (non-hydrogen) atoms. The summed E-state index contributed by atoms with van der Waals surface area (Å²) in [5, 5.41) is 11.8. The first-order valence-electron chi connectivity index (χ1n) is 6.52. The zero-order valence-electron chi connectivity index (χ0n) is 10.5. The molecule has 94 valence electrons. The van der Waals surface area contributed by atoms with E-state index in [-0.39, 0.29) is 18.4 Å². The van der Waals surface area contributed by atoms with Crippen LogP contribution in [0.15, 0.2) is 0 Å². The van der Waals surface area contributed by atoms with E-state index in [0.717, 1.165) is 19.3 Å². The third-order valence-electron chi connectivity index (χ3n) is 3.55. The van der Waals surface area contributed by atoms with Crippen LogP contribution in [0.3, 0.4) is 0 Å². The van der Waals surface area contributed by atoms with Crippen LogP contribution in [0.25, 0.3) is 0 Å². The highest BCUT2D eigenvalue weighted by Crippen LogP contribution is 2.28. The fourth-order valence-electron chi connectivity index (χ4n) is 2.41. The molecule has 1 aliphatic rings. The first-order valence-corrected chi connectivity index (χ1v) is 6.52. The van der Waals surface area contributed by atoms with E-state index in [9.17, 15) is 4.79 Å². The predicted molar refractivity (Wildman–Crippen MR) is 65.0 cm³/mol. The van der Waals surface area contributed by atoms with Crippen molar-refractivity contribution in [3.63, 3.8) is 0 Å². The standard InChI is InChI=1S/C13H25NO2/c1-10-4-3-5-12(8-10)13(16)14-9-11(2)6-7-15/h10-12,15H,3-9H2,1-2H3,(H,14,16). The highest BCUT2D eigenvalue weighted by atomic mass is 16.3. The van der Waals surface area contributed by atoms with Crippen molar-refractivity contribution >= 4 is 5.91 Å². The lowest BCUT2D eigenvalue weighted by atomic mass is 9.82. The highest BCUT2D eigenvalue weighted by molar-refractivity contribution is 5.78. The molecule has 0 heterocycles. The molecule has 1 amide bonds. The molecule has 0 radical (unpaired) electrons. The Balaban J connectivity index is 2.23. The van der Waals surface area contributed by atoms with E-state index >= 15 is 0 Å². The second-order valence-electron chi connectivity index (χ2n) is 5.33. The number of hydrogen-bond donors (Lipinski definition) is 2. The third-order valence-corrected chi connectivity index (χ3v) is 3.55. The third kappa shape index (κ3) is 4.52. The van der Waals surface area contributed by atoms with E-state index in [1.54, 1.807) is 0 Å². The Morgan fingerprint density at radius 1 is 1.50 bits per heavy atom. The number of aliphatic hydroxyl groups excluding tert-OH is 1. The van der Waals surface area contributed by atoms with E-state index in [1.165, 1.54) is 12.8 Å². The molecule has 1 aliphatic carbocycles. The maximum atomic E-state index is 11.9. The van der Waals surface area contributed by atoms with Crippen LogP contribution >= 0.6 is 0 Å². The number of amides is 1. The molecule has 0 aromatic carbocycles. The van der Waals surface area contributed by atoms with Crippen molar-refractivity contribution in [1.29, 1.82) is 0 Å². The summed E-state index contributed by atoms with van der Waals surface area (Å²) in [7, 11) is 0. The van der Waals surface area contributed by atoms with Gasteiger partial charge < -0.3 is 10.4 Å². The molecule has 0 aliphatic heterocycles. The van der Waals surface area contributed by atoms with Crippen LogP contribution < -0.4 is 5.32 Å². The summed E-state index contributed by atoms with van der Waals surface area (Å²) in [6, 6.07) is 0. The van der Waals surface area contributed by atoms with Crippen LogP contribution in [0.1, 0.15) is 46.0 Å². The van der Waals surface area contributed by atoms with Crippen LogP contribution in [0.5, 0.6) is 0 Å². The Hall–Kier alpha value is -0.570. The largest absolute Gasteiger partial charge is 0.396 e. The van der Waals surface area contributed by atoms with E-state index in [1.807, 2.05) is 0 Å². The van der Waals surface area contributed by atoms with Gasteiger partial charge in [-0.1, -0.05) is 26.7 Å². The molecule has 1 fully saturated rings. The zero-order chi connectivity index (χ0) is 12.0. The lowest BCUT2D eigenvalue weighted by Gasteiger charge is -2.26. The Morgan fingerprint density at radius 3 is 2.88 bits per heavy atom. The van der Waals surface area contributed by atoms with Gasteiger partial charge in [-0.3, -0.25) is 4.79 Å². The predicted octanol–water partition coefficient (Wildman–Crippen LogP) is 1.95. The summed E-state index contributed by atoms with van der Waals surface area (Å²) in [6.45, 7) is 5.19. The van der Waals surface area contributed by atoms with Crippen LogP contribution in [0, 0.1) is 17.8 Å². The van der Waals surface area contributed by atoms with Gasteiger partial charge in [0.15, 0.2) is 0 Å². The van der Waals surface area contributed by atoms with Crippen molar-refractivity contribution in [1.82, 2.24) is 5.32 Å². The van der Waals surface area contributed by atoms with E-state index in [2.05, 4.69) is 19.2 Å². The Kier molecular flexibility index (Phi) is 5.81. The van der Waals surface area contributed by atoms with Gasteiger partial charge in [0.25, 0.3) is 0 Å². The summed E-state index contributed by atoms with van der Waals surface area (Å²) < 4.78 is 0. The van der Waals surface area contributed by atoms with Gasteiger partial charge >= 0.3 is 0 Å². The molecule has 1 rings (SSSR count). The Bertz CT molecular complexity index is 218. The van der Waals surface area contributed by atoms with Gasteiger partial charge in [0, 0.05) is 19.1 Å². The maximum absolute atomic E-state index is 11.9. The van der Waals surface area contributed by atoms with E-state index in [4.69, 9.17) is 5.11 Å². The minimum Gasteiger partial charge on any atom is -0.396 e. The quantitative estimate of drug-likeness (QED) is 0.754. The molecule has 0 spiro atoms. The monoisotopic (exact) mass is 227 g/mol. The number of rotatable bonds is 5. The van der Waals surface area contributed by atoms with Crippen molar-refractivity contribution in [2.24, 2.45) is 17.8 Å². The van der Waals surface area contributed by atoms with Gasteiger partial charge in [0.1, 0.15) is 0 Å². The number of nitrogens with one attached hydrogen (secondary N) is 1. The molecule has 2 N–H and O–H groups in total. The van der Waals surface area contributed by atoms with Gasteiger partial charge in [-0.15, -0.1) is 0 Å². The number of hydrogen-bond acceptors (Lipinski definition) is 2. The number of carbonyl (C=O) groups excluding carboxylic acids is 1. The first kappa shape index (κ1) is 13.5. The van der Waals surface area contributed by atoms with Crippen molar-refractivity contribution < 1.29 is 9.90 Å². The minimum absolute atomic E-state index is 0.206. The fraction of sp³-hybridized carbons (Fsp3) is 0.923. The SMILES string of the molecule is CC(CCO)CNC(=O)C1CCCC(C)C1. The summed E-state index contributed by atoms with van der Waals surface area (Å²) >= 11 is 0. The van der Waals surface area contributed by atoms with Gasteiger partial charge in [0.2, 0.25) is 5.91 Å². The lowest BCUT2D eigenvalue weighted by molar-refractivity contribution is -0.126. The molecule has 3 heteroatoms. The van der Waals surface area contributed by atoms with Crippen LogP contribution in [-0.2, 0) is 4.79 Å². The Morgan fingerprint density at radius 2 is 2.25 bits per heavy atom. The second-order valence-corrected chi connectivity index (χ2v) is 5.33. The van der Waals surface area contributed by atoms with Crippen molar-refractivity contribution in [2.45, 2.75) is 46.0 Å². The van der Waals surface area contributed by atoms with Crippen molar-refractivity contribution in [3.05, 3.63) is 0 Å². The van der Waals surface area contributed by atoms with Crippen LogP contribution in [-0.4, -0.2) is 24.2 Å². The van der Waals surface area contributed by atoms with Crippen LogP contribution in [0.4, 0.5) is 0 Å². The number of aliphatic hydroxyl groups is 1. The molecule has 3 atom stereocenters. The topological polar surface area (TPSA) is 49.3 Å². The maximum Gasteiger partial charge on any atom is 0.223 e. The smallest absolute Gasteiger partial charge is 0.223 e. The van der Waals surface area contributed by atoms with E-state index < -0.39 is 0 Å². The van der Waals surface area contributed by atoms with Gasteiger partial charge in [-0.25, -0.2) is 0 Å². The average molecular weight is 227 g/mol. The highest BCUT2D eigenvalue weighted by Gasteiger charge is 2.24. The molecule has 1 saturated carbocycles. The minimum atomic E-state index is 0.206. The normalized spacial score (nSPS) is 27.4. The van der Waals surface area contributed by atoms with E-state index in [0.29, 0.717) is 18.4 Å². The molecule has 0 bridgehead atoms. The number of carbonyl (C=O) groups is 1. The van der Waals surface area contributed by atoms with Gasteiger partial charge in [-0.2, -0.15) is 0 Å². The molecule has 0 aromatic rings. The van der Waals surface area contributed by atoms with Crippen LogP contribution in [0.2, 0.25) is 0 Å². The molecular formula is C13H25NO2. The first-order chi connectivity index (χ1) is 7.63. The summed E-state index contributed by atoms with van der Waals surface area (Å²) in [4.78, 5) is 11.9. The molecule has 0 saturated heterocycles. The molecule has 0 aromatic heterocycles. The summed E-state index contributed by atoms with van der Waals surface area (Å²) in [6.07, 6.45) is 5.31. The zero-order valence-corrected chi connectivity index (χ0v) is 10.5. The van der Waals surface area contributed by atoms with Gasteiger partial charge in [0.05, 0.1) is 0 Å². The van der Waals surface area contributed by atoms with Crippen molar-refractivity contribution in [3.8, 4) is 0 Å². The molecular weight excluding hydrogens is 202 g/mol. The van der Waals surface area contributed by atoms with Gasteiger partial charge in [-0.05, 0) is 31.1 Å². The summed E-state index contributed by atoms with van der Waals surface area (Å²) in [5.41, 5.74) is 0. The van der Waals surface area contributed by atoms with Crippen molar-refractivity contribution in [2.75, 3.05) is 13.2 Å². The Labute approximate surface area is 98.6 Å².